The van der Waals surface area contributed by atoms with E-state index in [0.29, 0.717) is 5.92 Å². The smallest absolute Gasteiger partial charge is 0.116 e. The Morgan fingerprint density at radius 2 is 1.50 bits per heavy atom. The molecule has 1 fully saturated rings. The number of rotatable bonds is 1. The number of para-hydroxylation sites is 1. The van der Waals surface area contributed by atoms with Crippen LogP contribution in [0.3, 0.4) is 0 Å². The maximum Gasteiger partial charge on any atom is 0.116 e. The van der Waals surface area contributed by atoms with Crippen LogP contribution in [0.25, 0.3) is 59.9 Å². The van der Waals surface area contributed by atoms with E-state index in [1.54, 1.807) is 6.33 Å². The number of nitrogens with zero attached hydrogens (tertiary/aromatic N) is 3. The molecule has 0 bridgehead atoms. The first-order valence-electron chi connectivity index (χ1n) is 11.6. The average Bonchev–Trinajstić information content (AvgIpc) is 3.49. The van der Waals surface area contributed by atoms with E-state index < -0.39 is 0 Å². The van der Waals surface area contributed by atoms with Crippen LogP contribution in [0.15, 0.2) is 73.1 Å². The summed E-state index contributed by atoms with van der Waals surface area (Å²) in [7, 11) is 0. The number of hydrogen-bond donors (Lipinski definition) is 0. The fraction of sp³-hybridized carbons (Fsp3) is 0.172. The van der Waals surface area contributed by atoms with E-state index in [1.165, 1.54) is 80.1 Å². The van der Waals surface area contributed by atoms with Gasteiger partial charge in [0.2, 0.25) is 0 Å². The number of fused-ring (bicyclic) bond motifs is 7. The van der Waals surface area contributed by atoms with Gasteiger partial charge in [-0.1, -0.05) is 55.3 Å². The third kappa shape index (κ3) is 2.02. The van der Waals surface area contributed by atoms with Gasteiger partial charge in [-0.3, -0.25) is 0 Å². The van der Waals surface area contributed by atoms with Gasteiger partial charge in [0.05, 0.1) is 33.0 Å². The van der Waals surface area contributed by atoms with Crippen molar-refractivity contribution in [1.82, 2.24) is 14.4 Å². The summed E-state index contributed by atoms with van der Waals surface area (Å²) < 4.78 is 2.49. The van der Waals surface area contributed by atoms with Gasteiger partial charge >= 0.3 is 0 Å². The van der Waals surface area contributed by atoms with Crippen LogP contribution in [0.1, 0.15) is 37.2 Å². The quantitative estimate of drug-likeness (QED) is 0.206. The minimum Gasteiger partial charge on any atom is -0.308 e. The van der Waals surface area contributed by atoms with Crippen LogP contribution in [0.5, 0.6) is 0 Å². The lowest BCUT2D eigenvalue weighted by Gasteiger charge is -2.17. The molecule has 0 atom stereocenters. The highest BCUT2D eigenvalue weighted by atomic mass is 14.9. The molecule has 3 nitrogen and oxygen atoms in total. The molecule has 1 aliphatic carbocycles. The third-order valence-electron chi connectivity index (χ3n) is 7.72. The second-order valence-corrected chi connectivity index (χ2v) is 9.36. The SMILES string of the molecule is c1ccc2cc3c(cc2c1)c1ncnc2cc(C4CCCC4)c4c5ccccc5n3c4c21. The minimum atomic E-state index is 0.620. The number of aromatic nitrogens is 3. The van der Waals surface area contributed by atoms with Crippen LogP contribution < -0.4 is 0 Å². The van der Waals surface area contributed by atoms with Gasteiger partial charge in [-0.05, 0) is 59.4 Å². The molecule has 1 saturated carbocycles. The molecule has 152 valence electrons. The first-order chi connectivity index (χ1) is 15.9. The van der Waals surface area contributed by atoms with E-state index in [-0.39, 0.29) is 0 Å². The average molecular weight is 412 g/mol. The van der Waals surface area contributed by atoms with Gasteiger partial charge in [-0.15, -0.1) is 0 Å². The van der Waals surface area contributed by atoms with Gasteiger partial charge in [0.1, 0.15) is 6.33 Å². The predicted octanol–water partition coefficient (Wildman–Crippen LogP) is 7.59. The molecule has 3 heterocycles. The standard InChI is InChI=1S/C29H21N3/c1-2-8-17(7-1)21-15-23-27-28(31-16-30-23)22-13-18-9-3-4-10-19(18)14-25(22)32-24-12-6-5-11-20(24)26(21)29(27)32/h3-6,9-17H,1-2,7-8H2. The Kier molecular flexibility index (Phi) is 3.14. The molecule has 3 heteroatoms. The Morgan fingerprint density at radius 1 is 0.719 bits per heavy atom. The summed E-state index contributed by atoms with van der Waals surface area (Å²) in [5, 5.41) is 7.66. The van der Waals surface area contributed by atoms with E-state index in [4.69, 9.17) is 9.97 Å². The molecule has 4 aromatic carbocycles. The summed E-state index contributed by atoms with van der Waals surface area (Å²) in [4.78, 5) is 9.62. The molecule has 0 spiro atoms. The van der Waals surface area contributed by atoms with Crippen molar-refractivity contribution in [3.63, 3.8) is 0 Å². The van der Waals surface area contributed by atoms with Crippen molar-refractivity contribution in [1.29, 1.82) is 0 Å². The molecule has 0 amide bonds. The van der Waals surface area contributed by atoms with Gasteiger partial charge < -0.3 is 4.40 Å². The summed E-state index contributed by atoms with van der Waals surface area (Å²) in [6.07, 6.45) is 6.96. The van der Waals surface area contributed by atoms with Crippen LogP contribution in [-0.4, -0.2) is 14.4 Å². The molecule has 8 rings (SSSR count). The van der Waals surface area contributed by atoms with Crippen LogP contribution in [-0.2, 0) is 0 Å². The topological polar surface area (TPSA) is 30.2 Å². The summed E-state index contributed by atoms with van der Waals surface area (Å²) in [6.45, 7) is 0. The van der Waals surface area contributed by atoms with Gasteiger partial charge in [0.15, 0.2) is 0 Å². The number of pyridine rings is 1. The molecule has 0 aliphatic heterocycles. The third-order valence-corrected chi connectivity index (χ3v) is 7.72. The van der Waals surface area contributed by atoms with Crippen molar-refractivity contribution in [2.24, 2.45) is 0 Å². The van der Waals surface area contributed by atoms with E-state index in [9.17, 15) is 0 Å². The van der Waals surface area contributed by atoms with Gasteiger partial charge in [-0.25, -0.2) is 9.97 Å². The van der Waals surface area contributed by atoms with Crippen LogP contribution in [0.4, 0.5) is 0 Å². The second kappa shape index (κ2) is 5.95. The zero-order valence-electron chi connectivity index (χ0n) is 17.7. The fourth-order valence-corrected chi connectivity index (χ4v) is 6.35. The molecule has 7 aromatic rings. The first kappa shape index (κ1) is 16.9. The van der Waals surface area contributed by atoms with E-state index in [1.807, 2.05) is 0 Å². The van der Waals surface area contributed by atoms with Crippen molar-refractivity contribution in [3.05, 3.63) is 78.6 Å². The molecular formula is C29H21N3. The highest BCUT2D eigenvalue weighted by Gasteiger charge is 2.26. The van der Waals surface area contributed by atoms with E-state index in [2.05, 4.69) is 71.1 Å². The van der Waals surface area contributed by atoms with Crippen molar-refractivity contribution in [3.8, 4) is 0 Å². The fourth-order valence-electron chi connectivity index (χ4n) is 6.35. The summed E-state index contributed by atoms with van der Waals surface area (Å²) >= 11 is 0. The Labute approximate surface area is 184 Å². The number of benzene rings is 4. The molecule has 0 unspecified atom stereocenters. The Morgan fingerprint density at radius 3 is 2.38 bits per heavy atom. The van der Waals surface area contributed by atoms with Crippen LogP contribution in [0.2, 0.25) is 0 Å². The molecular weight excluding hydrogens is 390 g/mol. The van der Waals surface area contributed by atoms with Gasteiger partial charge in [0, 0.05) is 16.2 Å². The molecule has 1 aliphatic rings. The summed E-state index contributed by atoms with van der Waals surface area (Å²) in [6, 6.07) is 24.6. The Bertz CT molecular complexity index is 1840. The Balaban J connectivity index is 1.73. The van der Waals surface area contributed by atoms with Crippen molar-refractivity contribution in [2.75, 3.05) is 0 Å². The molecule has 32 heavy (non-hydrogen) atoms. The molecule has 0 radical (unpaired) electrons. The molecule has 0 N–H and O–H groups in total. The molecule has 0 saturated heterocycles. The van der Waals surface area contributed by atoms with Crippen LogP contribution >= 0.6 is 0 Å². The van der Waals surface area contributed by atoms with Crippen molar-refractivity contribution < 1.29 is 0 Å². The Hall–Kier alpha value is -3.72. The zero-order valence-corrected chi connectivity index (χ0v) is 17.7. The van der Waals surface area contributed by atoms with Gasteiger partial charge in [-0.2, -0.15) is 0 Å². The normalized spacial score (nSPS) is 15.5. The summed E-state index contributed by atoms with van der Waals surface area (Å²) in [5.41, 5.74) is 7.42. The molecule has 3 aromatic heterocycles. The highest BCUT2D eigenvalue weighted by Crippen LogP contribution is 2.46. The minimum absolute atomic E-state index is 0.620. The van der Waals surface area contributed by atoms with E-state index in [0.717, 1.165) is 11.0 Å². The zero-order chi connectivity index (χ0) is 20.8. The lowest BCUT2D eigenvalue weighted by molar-refractivity contribution is 0.730. The van der Waals surface area contributed by atoms with Crippen LogP contribution in [0, 0.1) is 0 Å². The van der Waals surface area contributed by atoms with E-state index >= 15 is 0 Å². The number of hydrogen-bond acceptors (Lipinski definition) is 2. The maximum atomic E-state index is 4.84. The summed E-state index contributed by atoms with van der Waals surface area (Å²) in [5.74, 6) is 0.620. The lowest BCUT2D eigenvalue weighted by Crippen LogP contribution is -1.99. The second-order valence-electron chi connectivity index (χ2n) is 9.36. The predicted molar refractivity (Wildman–Crippen MR) is 133 cm³/mol. The highest BCUT2D eigenvalue weighted by molar-refractivity contribution is 6.28. The lowest BCUT2D eigenvalue weighted by atomic mass is 9.91. The largest absolute Gasteiger partial charge is 0.308 e. The monoisotopic (exact) mass is 411 g/mol. The van der Waals surface area contributed by atoms with Gasteiger partial charge in [0.25, 0.3) is 0 Å². The maximum absolute atomic E-state index is 4.84. The van der Waals surface area contributed by atoms with Crippen molar-refractivity contribution in [2.45, 2.75) is 31.6 Å². The van der Waals surface area contributed by atoms with Crippen molar-refractivity contribution >= 4 is 59.9 Å². The first-order valence-corrected chi connectivity index (χ1v) is 11.6.